The number of ether oxygens (including phenoxy) is 2. The topological polar surface area (TPSA) is 35.5 Å². The van der Waals surface area contributed by atoms with Gasteiger partial charge in [0.15, 0.2) is 5.78 Å². The molecule has 0 aliphatic carbocycles. The average Bonchev–Trinajstić information content (AvgIpc) is 2.61. The Morgan fingerprint density at radius 3 is 2.08 bits per heavy atom. The van der Waals surface area contributed by atoms with E-state index in [0.29, 0.717) is 27.6 Å². The molecule has 0 radical (unpaired) electrons. The second-order valence-electron chi connectivity index (χ2n) is 5.16. The summed E-state index contributed by atoms with van der Waals surface area (Å²) in [6, 6.07) is 14.3. The third-order valence-electron chi connectivity index (χ3n) is 3.82. The molecule has 5 heteroatoms. The summed E-state index contributed by atoms with van der Waals surface area (Å²) in [4.78, 5) is 13.1. The monoisotopic (exact) mass is 404 g/mol. The van der Waals surface area contributed by atoms with Crippen molar-refractivity contribution in [2.45, 2.75) is 0 Å². The van der Waals surface area contributed by atoms with Crippen LogP contribution in [0.4, 0.5) is 0 Å². The van der Waals surface area contributed by atoms with Gasteiger partial charge in [0.1, 0.15) is 11.5 Å². The number of hydrogen-bond donors (Lipinski definition) is 0. The molecule has 0 N–H and O–H groups in total. The van der Waals surface area contributed by atoms with Gasteiger partial charge in [0.25, 0.3) is 0 Å². The standard InChI is InChI=1S/C19H14BrClO3/c1-23-14-9-5-11-6-10-15(24-2)18(20)16(11)17(14)19(22)12-3-7-13(21)8-4-12/h3-10H,1-2H3. The van der Waals surface area contributed by atoms with Gasteiger partial charge in [-0.3, -0.25) is 4.79 Å². The van der Waals surface area contributed by atoms with E-state index >= 15 is 0 Å². The molecule has 0 bridgehead atoms. The fourth-order valence-electron chi connectivity index (χ4n) is 2.64. The molecule has 0 amide bonds. The molecule has 0 atom stereocenters. The van der Waals surface area contributed by atoms with Crippen LogP contribution in [0, 0.1) is 0 Å². The first-order valence-corrected chi connectivity index (χ1v) is 8.37. The molecule has 3 nitrogen and oxygen atoms in total. The molecule has 0 heterocycles. The summed E-state index contributed by atoms with van der Waals surface area (Å²) < 4.78 is 11.5. The number of carbonyl (C=O) groups excluding carboxylic acids is 1. The summed E-state index contributed by atoms with van der Waals surface area (Å²) in [5.41, 5.74) is 1.03. The first-order valence-electron chi connectivity index (χ1n) is 7.20. The number of halogens is 2. The zero-order valence-corrected chi connectivity index (χ0v) is 15.4. The van der Waals surface area contributed by atoms with Crippen molar-refractivity contribution in [3.05, 3.63) is 69.2 Å². The predicted molar refractivity (Wildman–Crippen MR) is 99.6 cm³/mol. The van der Waals surface area contributed by atoms with Crippen LogP contribution in [0.2, 0.25) is 5.02 Å². The van der Waals surface area contributed by atoms with Gasteiger partial charge in [-0.1, -0.05) is 23.7 Å². The zero-order valence-electron chi connectivity index (χ0n) is 13.1. The fraction of sp³-hybridized carbons (Fsp3) is 0.105. The highest BCUT2D eigenvalue weighted by molar-refractivity contribution is 9.10. The zero-order chi connectivity index (χ0) is 17.3. The number of rotatable bonds is 4. The SMILES string of the molecule is COc1ccc2ccc(OC)c(C(=O)c3ccc(Cl)cc3)c2c1Br. The number of carbonyl (C=O) groups is 1. The minimum absolute atomic E-state index is 0.136. The third-order valence-corrected chi connectivity index (χ3v) is 4.86. The maximum atomic E-state index is 13.1. The lowest BCUT2D eigenvalue weighted by Gasteiger charge is -2.14. The highest BCUT2D eigenvalue weighted by Crippen LogP contribution is 2.39. The molecule has 0 spiro atoms. The van der Waals surface area contributed by atoms with Crippen molar-refractivity contribution in [3.8, 4) is 11.5 Å². The molecular formula is C19H14BrClO3. The highest BCUT2D eigenvalue weighted by atomic mass is 79.9. The normalized spacial score (nSPS) is 10.7. The Kier molecular flexibility index (Phi) is 4.78. The summed E-state index contributed by atoms with van der Waals surface area (Å²) in [7, 11) is 3.14. The van der Waals surface area contributed by atoms with E-state index in [2.05, 4.69) is 15.9 Å². The Balaban J connectivity index is 2.31. The third kappa shape index (κ3) is 2.87. The van der Waals surface area contributed by atoms with Gasteiger partial charge in [0.05, 0.1) is 24.3 Å². The molecule has 0 unspecified atom stereocenters. The Bertz CT molecular complexity index is 915. The quantitative estimate of drug-likeness (QED) is 0.537. The van der Waals surface area contributed by atoms with Crippen molar-refractivity contribution >= 4 is 44.1 Å². The maximum Gasteiger partial charge on any atom is 0.197 e. The Morgan fingerprint density at radius 2 is 1.50 bits per heavy atom. The minimum Gasteiger partial charge on any atom is -0.496 e. The summed E-state index contributed by atoms with van der Waals surface area (Å²) >= 11 is 9.48. The van der Waals surface area contributed by atoms with Crippen LogP contribution in [0.3, 0.4) is 0 Å². The summed E-state index contributed by atoms with van der Waals surface area (Å²) in [6.45, 7) is 0. The molecule has 3 aromatic rings. The van der Waals surface area contributed by atoms with Crippen molar-refractivity contribution in [1.29, 1.82) is 0 Å². The Labute approximate surface area is 153 Å². The van der Waals surface area contributed by atoms with E-state index in [1.165, 1.54) is 0 Å². The number of benzene rings is 3. The van der Waals surface area contributed by atoms with Crippen LogP contribution in [0.5, 0.6) is 11.5 Å². The van der Waals surface area contributed by atoms with E-state index in [1.54, 1.807) is 44.6 Å². The van der Waals surface area contributed by atoms with Crippen molar-refractivity contribution in [1.82, 2.24) is 0 Å². The van der Waals surface area contributed by atoms with Gasteiger partial charge < -0.3 is 9.47 Å². The summed E-state index contributed by atoms with van der Waals surface area (Å²) in [6.07, 6.45) is 0. The maximum absolute atomic E-state index is 13.1. The lowest BCUT2D eigenvalue weighted by Crippen LogP contribution is -2.05. The van der Waals surface area contributed by atoms with Gasteiger partial charge in [0.2, 0.25) is 0 Å². The smallest absolute Gasteiger partial charge is 0.197 e. The van der Waals surface area contributed by atoms with Crippen molar-refractivity contribution < 1.29 is 14.3 Å². The van der Waals surface area contributed by atoms with Crippen LogP contribution >= 0.6 is 27.5 Å². The summed E-state index contributed by atoms with van der Waals surface area (Å²) in [5.74, 6) is 1.03. The molecule has 0 saturated carbocycles. The van der Waals surface area contributed by atoms with E-state index in [4.69, 9.17) is 21.1 Å². The van der Waals surface area contributed by atoms with Crippen LogP contribution < -0.4 is 9.47 Å². The van der Waals surface area contributed by atoms with Gasteiger partial charge in [-0.05, 0) is 57.7 Å². The first-order chi connectivity index (χ1) is 11.6. The molecule has 0 aromatic heterocycles. The predicted octanol–water partition coefficient (Wildman–Crippen LogP) is 5.50. The van der Waals surface area contributed by atoms with E-state index in [0.717, 1.165) is 15.2 Å². The Morgan fingerprint density at radius 1 is 0.917 bits per heavy atom. The van der Waals surface area contributed by atoms with Crippen LogP contribution in [-0.4, -0.2) is 20.0 Å². The van der Waals surface area contributed by atoms with Crippen LogP contribution in [0.1, 0.15) is 15.9 Å². The van der Waals surface area contributed by atoms with E-state index in [-0.39, 0.29) is 5.78 Å². The second kappa shape index (κ2) is 6.83. The molecule has 0 aliphatic rings. The van der Waals surface area contributed by atoms with E-state index in [1.807, 2.05) is 18.2 Å². The molecule has 3 aromatic carbocycles. The van der Waals surface area contributed by atoms with Gasteiger partial charge in [-0.15, -0.1) is 0 Å². The molecule has 0 aliphatic heterocycles. The minimum atomic E-state index is -0.136. The van der Waals surface area contributed by atoms with E-state index < -0.39 is 0 Å². The second-order valence-corrected chi connectivity index (χ2v) is 6.39. The van der Waals surface area contributed by atoms with Crippen LogP contribution in [0.15, 0.2) is 53.0 Å². The van der Waals surface area contributed by atoms with Gasteiger partial charge in [-0.25, -0.2) is 0 Å². The summed E-state index contributed by atoms with van der Waals surface area (Å²) in [5, 5.41) is 2.26. The van der Waals surface area contributed by atoms with Crippen molar-refractivity contribution in [2.75, 3.05) is 14.2 Å². The molecule has 3 rings (SSSR count). The average molecular weight is 406 g/mol. The molecular weight excluding hydrogens is 392 g/mol. The first kappa shape index (κ1) is 16.8. The number of methoxy groups -OCH3 is 2. The van der Waals surface area contributed by atoms with Gasteiger partial charge in [-0.2, -0.15) is 0 Å². The lowest BCUT2D eigenvalue weighted by atomic mass is 9.96. The van der Waals surface area contributed by atoms with Gasteiger partial charge in [0, 0.05) is 16.0 Å². The van der Waals surface area contributed by atoms with E-state index in [9.17, 15) is 4.79 Å². The number of fused-ring (bicyclic) bond motifs is 1. The molecule has 122 valence electrons. The Hall–Kier alpha value is -2.04. The molecule has 0 fully saturated rings. The molecule has 24 heavy (non-hydrogen) atoms. The number of ketones is 1. The van der Waals surface area contributed by atoms with Crippen LogP contribution in [0.25, 0.3) is 10.8 Å². The van der Waals surface area contributed by atoms with Gasteiger partial charge >= 0.3 is 0 Å². The number of hydrogen-bond acceptors (Lipinski definition) is 3. The largest absolute Gasteiger partial charge is 0.496 e. The van der Waals surface area contributed by atoms with Crippen molar-refractivity contribution in [3.63, 3.8) is 0 Å². The lowest BCUT2D eigenvalue weighted by molar-refractivity contribution is 0.103. The molecule has 0 saturated heterocycles. The van der Waals surface area contributed by atoms with Crippen LogP contribution in [-0.2, 0) is 0 Å². The highest BCUT2D eigenvalue weighted by Gasteiger charge is 2.21. The fourth-order valence-corrected chi connectivity index (χ4v) is 3.48. The van der Waals surface area contributed by atoms with Crippen molar-refractivity contribution in [2.24, 2.45) is 0 Å².